The van der Waals surface area contributed by atoms with Crippen LogP contribution in [0.25, 0.3) is 0 Å². The molecule has 1 aliphatic rings. The topological polar surface area (TPSA) is 55.1 Å². The molecule has 1 amide bonds. The third-order valence-corrected chi connectivity index (χ3v) is 3.94. The molecule has 1 rings (SSSR count). The Morgan fingerprint density at radius 3 is 2.86 bits per heavy atom. The second-order valence-corrected chi connectivity index (χ2v) is 5.03. The minimum atomic E-state index is -0.330. The second-order valence-electron chi connectivity index (χ2n) is 3.89. The van der Waals surface area contributed by atoms with Crippen LogP contribution in [0.5, 0.6) is 0 Å². The van der Waals surface area contributed by atoms with Gasteiger partial charge in [0.1, 0.15) is 0 Å². The van der Waals surface area contributed by atoms with Gasteiger partial charge >= 0.3 is 0 Å². The van der Waals surface area contributed by atoms with Crippen LogP contribution in [0.1, 0.15) is 32.6 Å². The number of hydrogen-bond donors (Lipinski definition) is 2. The molecule has 0 radical (unpaired) electrons. The van der Waals surface area contributed by atoms with Crippen molar-refractivity contribution in [1.82, 2.24) is 5.32 Å². The summed E-state index contributed by atoms with van der Waals surface area (Å²) in [5.74, 6) is 0.0132. The maximum Gasteiger partial charge on any atom is 0.237 e. The second kappa shape index (κ2) is 5.61. The van der Waals surface area contributed by atoms with E-state index >= 15 is 0 Å². The summed E-state index contributed by atoms with van der Waals surface area (Å²) in [7, 11) is 0. The Morgan fingerprint density at radius 2 is 2.36 bits per heavy atom. The van der Waals surface area contributed by atoms with Gasteiger partial charge < -0.3 is 11.1 Å². The number of hydrogen-bond acceptors (Lipinski definition) is 3. The van der Waals surface area contributed by atoms with E-state index < -0.39 is 0 Å². The molecule has 0 heterocycles. The van der Waals surface area contributed by atoms with Crippen LogP contribution < -0.4 is 11.1 Å². The zero-order chi connectivity index (χ0) is 10.6. The van der Waals surface area contributed by atoms with Crippen molar-refractivity contribution in [1.29, 1.82) is 0 Å². The molecule has 0 aromatic carbocycles. The predicted molar refractivity (Wildman–Crippen MR) is 61.4 cm³/mol. The highest BCUT2D eigenvalue weighted by atomic mass is 32.2. The number of nitrogens with one attached hydrogen (secondary N) is 1. The van der Waals surface area contributed by atoms with Crippen LogP contribution >= 0.6 is 11.8 Å². The van der Waals surface area contributed by atoms with Crippen LogP contribution in [0, 0.1) is 0 Å². The number of amides is 1. The Kier molecular flexibility index (Phi) is 4.75. The maximum absolute atomic E-state index is 11.5. The van der Waals surface area contributed by atoms with E-state index in [-0.39, 0.29) is 11.9 Å². The molecular weight excluding hydrogens is 196 g/mol. The van der Waals surface area contributed by atoms with Gasteiger partial charge in [-0.15, -0.1) is 0 Å². The Hall–Kier alpha value is -0.220. The fourth-order valence-corrected chi connectivity index (χ4v) is 2.58. The first-order valence-corrected chi connectivity index (χ1v) is 6.55. The van der Waals surface area contributed by atoms with Crippen LogP contribution in [0.2, 0.25) is 0 Å². The Morgan fingerprint density at radius 1 is 1.64 bits per heavy atom. The van der Waals surface area contributed by atoms with E-state index in [0.717, 1.165) is 18.1 Å². The van der Waals surface area contributed by atoms with E-state index in [1.54, 1.807) is 0 Å². The summed E-state index contributed by atoms with van der Waals surface area (Å²) in [5.41, 5.74) is 5.64. The van der Waals surface area contributed by atoms with Crippen LogP contribution in [0.3, 0.4) is 0 Å². The van der Waals surface area contributed by atoms with Crippen molar-refractivity contribution >= 4 is 17.7 Å². The van der Waals surface area contributed by atoms with Gasteiger partial charge in [-0.3, -0.25) is 4.79 Å². The first kappa shape index (κ1) is 11.9. The molecule has 0 bridgehead atoms. The Balaban J connectivity index is 2.28. The monoisotopic (exact) mass is 216 g/mol. The van der Waals surface area contributed by atoms with Gasteiger partial charge in [0.15, 0.2) is 0 Å². The van der Waals surface area contributed by atoms with Crippen molar-refractivity contribution in [3.63, 3.8) is 0 Å². The third kappa shape index (κ3) is 3.17. The normalized spacial score (nSPS) is 28.8. The molecule has 4 heteroatoms. The number of thioether (sulfide) groups is 1. The first-order valence-electron chi connectivity index (χ1n) is 5.26. The summed E-state index contributed by atoms with van der Waals surface area (Å²) in [4.78, 5) is 11.5. The zero-order valence-electron chi connectivity index (χ0n) is 8.95. The van der Waals surface area contributed by atoms with Crippen LogP contribution in [-0.4, -0.2) is 29.5 Å². The van der Waals surface area contributed by atoms with Gasteiger partial charge in [-0.1, -0.05) is 6.92 Å². The van der Waals surface area contributed by atoms with Crippen molar-refractivity contribution in [3.05, 3.63) is 0 Å². The van der Waals surface area contributed by atoms with Crippen molar-refractivity contribution in [2.24, 2.45) is 5.73 Å². The minimum absolute atomic E-state index is 0.0132. The van der Waals surface area contributed by atoms with Crippen molar-refractivity contribution in [3.8, 4) is 0 Å². The molecule has 0 aliphatic heterocycles. The smallest absolute Gasteiger partial charge is 0.237 e. The average molecular weight is 216 g/mol. The first-order chi connectivity index (χ1) is 6.67. The standard InChI is InChI=1S/C10H20N2OS/c1-3-9(11)10(13)12-7-4-5-8(6-7)14-2/h7-9H,3-6,11H2,1-2H3,(H,12,13)/t7?,8?,9-/m1/s1. The summed E-state index contributed by atoms with van der Waals surface area (Å²) < 4.78 is 0. The number of nitrogens with two attached hydrogens (primary N) is 1. The van der Waals surface area contributed by atoms with E-state index in [2.05, 4.69) is 11.6 Å². The zero-order valence-corrected chi connectivity index (χ0v) is 9.77. The van der Waals surface area contributed by atoms with Gasteiger partial charge in [-0.05, 0) is 31.9 Å². The Labute approximate surface area is 90.2 Å². The SMILES string of the molecule is CC[C@@H](N)C(=O)NC1CCC(SC)C1. The number of rotatable bonds is 4. The number of carbonyl (C=O) groups is 1. The van der Waals surface area contributed by atoms with Crippen molar-refractivity contribution in [2.45, 2.75) is 49.9 Å². The minimum Gasteiger partial charge on any atom is -0.352 e. The predicted octanol–water partition coefficient (Wildman–Crippen LogP) is 1.12. The van der Waals surface area contributed by atoms with Gasteiger partial charge in [0.25, 0.3) is 0 Å². The lowest BCUT2D eigenvalue weighted by atomic mass is 10.2. The molecule has 0 spiro atoms. The Bertz CT molecular complexity index is 199. The summed E-state index contributed by atoms with van der Waals surface area (Å²) in [5, 5.41) is 3.74. The molecule has 1 saturated carbocycles. The summed E-state index contributed by atoms with van der Waals surface area (Å²) >= 11 is 1.89. The molecular formula is C10H20N2OS. The molecule has 0 saturated heterocycles. The van der Waals surface area contributed by atoms with Gasteiger partial charge in [0.2, 0.25) is 5.91 Å². The molecule has 1 fully saturated rings. The molecule has 3 atom stereocenters. The van der Waals surface area contributed by atoms with Gasteiger partial charge in [0.05, 0.1) is 6.04 Å². The van der Waals surface area contributed by atoms with Crippen LogP contribution in [0.15, 0.2) is 0 Å². The molecule has 3 N–H and O–H groups in total. The van der Waals surface area contributed by atoms with E-state index in [1.807, 2.05) is 18.7 Å². The average Bonchev–Trinajstić information content (AvgIpc) is 2.64. The highest BCUT2D eigenvalue weighted by molar-refractivity contribution is 7.99. The fourth-order valence-electron chi connectivity index (χ4n) is 1.78. The van der Waals surface area contributed by atoms with Crippen LogP contribution in [0.4, 0.5) is 0 Å². The molecule has 14 heavy (non-hydrogen) atoms. The maximum atomic E-state index is 11.5. The lowest BCUT2D eigenvalue weighted by molar-refractivity contribution is -0.123. The van der Waals surface area contributed by atoms with Crippen molar-refractivity contribution < 1.29 is 4.79 Å². The van der Waals surface area contributed by atoms with E-state index in [4.69, 9.17) is 5.73 Å². The lowest BCUT2D eigenvalue weighted by Crippen LogP contribution is -2.44. The molecule has 3 nitrogen and oxygen atoms in total. The van der Waals surface area contributed by atoms with E-state index in [9.17, 15) is 4.79 Å². The molecule has 0 aromatic heterocycles. The molecule has 2 unspecified atom stereocenters. The molecule has 0 aromatic rings. The van der Waals surface area contributed by atoms with E-state index in [1.165, 1.54) is 6.42 Å². The summed E-state index contributed by atoms with van der Waals surface area (Å²) in [6.07, 6.45) is 6.27. The fraction of sp³-hybridized carbons (Fsp3) is 0.900. The van der Waals surface area contributed by atoms with Crippen molar-refractivity contribution in [2.75, 3.05) is 6.26 Å². The number of carbonyl (C=O) groups excluding carboxylic acids is 1. The van der Waals surface area contributed by atoms with Gasteiger partial charge in [-0.25, -0.2) is 0 Å². The quantitative estimate of drug-likeness (QED) is 0.740. The summed E-state index contributed by atoms with van der Waals surface area (Å²) in [6, 6.07) is 0.0286. The summed E-state index contributed by atoms with van der Waals surface area (Å²) in [6.45, 7) is 1.93. The molecule has 1 aliphatic carbocycles. The lowest BCUT2D eigenvalue weighted by Gasteiger charge is -2.15. The highest BCUT2D eigenvalue weighted by Gasteiger charge is 2.26. The third-order valence-electron chi connectivity index (χ3n) is 2.84. The van der Waals surface area contributed by atoms with Gasteiger partial charge in [0, 0.05) is 11.3 Å². The molecule has 82 valence electrons. The van der Waals surface area contributed by atoms with Gasteiger partial charge in [-0.2, -0.15) is 11.8 Å². The van der Waals surface area contributed by atoms with Crippen LogP contribution in [-0.2, 0) is 4.79 Å². The largest absolute Gasteiger partial charge is 0.352 e. The highest BCUT2D eigenvalue weighted by Crippen LogP contribution is 2.28. The van der Waals surface area contributed by atoms with E-state index in [0.29, 0.717) is 12.5 Å².